The Kier molecular flexibility index (Phi) is 4.85. The van der Waals surface area contributed by atoms with Crippen LogP contribution in [0, 0.1) is 12.8 Å². The number of rotatable bonds is 5. The van der Waals surface area contributed by atoms with Crippen LogP contribution in [0.5, 0.6) is 0 Å². The number of hydrogen-bond acceptors (Lipinski definition) is 6. The first kappa shape index (κ1) is 15.6. The number of hydrogen-bond donors (Lipinski definition) is 1. The third-order valence-electron chi connectivity index (χ3n) is 3.87. The molecule has 0 aliphatic carbocycles. The number of nitrogens with zero attached hydrogens (tertiary/aromatic N) is 3. The van der Waals surface area contributed by atoms with E-state index in [1.165, 1.54) is 34.1 Å². The number of aromatic carboxylic acids is 1. The first-order valence-electron chi connectivity index (χ1n) is 7.41. The topological polar surface area (TPSA) is 66.3 Å². The zero-order chi connectivity index (χ0) is 15.5. The minimum Gasteiger partial charge on any atom is -0.476 e. The van der Waals surface area contributed by atoms with Gasteiger partial charge in [0.2, 0.25) is 0 Å². The first-order chi connectivity index (χ1) is 10.6. The van der Waals surface area contributed by atoms with Crippen molar-refractivity contribution in [1.82, 2.24) is 14.9 Å². The quantitative estimate of drug-likeness (QED) is 0.908. The van der Waals surface area contributed by atoms with Crippen LogP contribution in [0.15, 0.2) is 11.6 Å². The molecule has 2 aromatic heterocycles. The highest BCUT2D eigenvalue weighted by Gasteiger charge is 2.22. The highest BCUT2D eigenvalue weighted by molar-refractivity contribution is 7.11. The van der Waals surface area contributed by atoms with E-state index in [4.69, 9.17) is 5.11 Å². The van der Waals surface area contributed by atoms with E-state index in [9.17, 15) is 4.79 Å². The van der Waals surface area contributed by atoms with Crippen LogP contribution >= 0.6 is 22.7 Å². The zero-order valence-corrected chi connectivity index (χ0v) is 14.1. The van der Waals surface area contributed by atoms with Crippen LogP contribution in [0.3, 0.4) is 0 Å². The normalized spacial score (nSPS) is 19.4. The molecule has 1 unspecified atom stereocenters. The molecule has 1 N–H and O–H groups in total. The van der Waals surface area contributed by atoms with Crippen molar-refractivity contribution in [3.8, 4) is 0 Å². The van der Waals surface area contributed by atoms with Crippen molar-refractivity contribution in [2.75, 3.05) is 13.1 Å². The molecule has 3 rings (SSSR count). The highest BCUT2D eigenvalue weighted by Crippen LogP contribution is 2.24. The highest BCUT2D eigenvalue weighted by atomic mass is 32.1. The Hall–Kier alpha value is -1.31. The average molecular weight is 337 g/mol. The Balaban J connectivity index is 1.56. The molecule has 0 amide bonds. The number of carboxylic acids is 1. The molecule has 22 heavy (non-hydrogen) atoms. The molecule has 1 aliphatic heterocycles. The van der Waals surface area contributed by atoms with Crippen molar-refractivity contribution >= 4 is 28.6 Å². The molecule has 1 atom stereocenters. The average Bonchev–Trinajstić information content (AvgIpc) is 3.09. The molecule has 118 valence electrons. The molecule has 0 radical (unpaired) electrons. The lowest BCUT2D eigenvalue weighted by Gasteiger charge is -2.31. The molecule has 0 saturated carbocycles. The summed E-state index contributed by atoms with van der Waals surface area (Å²) in [4.78, 5) is 23.3. The van der Waals surface area contributed by atoms with Crippen molar-refractivity contribution in [2.24, 2.45) is 5.92 Å². The van der Waals surface area contributed by atoms with Gasteiger partial charge in [-0.05, 0) is 32.2 Å². The van der Waals surface area contributed by atoms with Crippen LogP contribution < -0.4 is 0 Å². The van der Waals surface area contributed by atoms with Gasteiger partial charge in [0, 0.05) is 29.4 Å². The first-order valence-corrected chi connectivity index (χ1v) is 9.11. The molecule has 0 spiro atoms. The maximum atomic E-state index is 10.9. The molecule has 3 heterocycles. The fourth-order valence-corrected chi connectivity index (χ4v) is 4.59. The number of carboxylic acid groups (broad SMARTS) is 1. The SMILES string of the molecule is Cc1cnc(CN2CCCC(Cc3nc(C(=O)O)cs3)C2)s1. The van der Waals surface area contributed by atoms with Gasteiger partial charge in [0.15, 0.2) is 5.69 Å². The van der Waals surface area contributed by atoms with Crippen LogP contribution in [0.25, 0.3) is 0 Å². The van der Waals surface area contributed by atoms with Crippen molar-refractivity contribution in [2.45, 2.75) is 32.7 Å². The van der Waals surface area contributed by atoms with Crippen LogP contribution in [0.2, 0.25) is 0 Å². The maximum absolute atomic E-state index is 10.9. The molecule has 0 bridgehead atoms. The second-order valence-corrected chi connectivity index (χ2v) is 8.01. The van der Waals surface area contributed by atoms with Crippen molar-refractivity contribution in [1.29, 1.82) is 0 Å². The lowest BCUT2D eigenvalue weighted by atomic mass is 9.95. The molecule has 1 saturated heterocycles. The Morgan fingerprint density at radius 2 is 2.36 bits per heavy atom. The Morgan fingerprint density at radius 3 is 3.05 bits per heavy atom. The Morgan fingerprint density at radius 1 is 1.50 bits per heavy atom. The Bertz CT molecular complexity index is 653. The van der Waals surface area contributed by atoms with Crippen LogP contribution in [-0.4, -0.2) is 39.0 Å². The van der Waals surface area contributed by atoms with E-state index in [1.54, 1.807) is 16.7 Å². The van der Waals surface area contributed by atoms with Crippen molar-refractivity contribution < 1.29 is 9.90 Å². The number of likely N-dealkylation sites (tertiary alicyclic amines) is 1. The van der Waals surface area contributed by atoms with E-state index in [-0.39, 0.29) is 5.69 Å². The number of aromatic nitrogens is 2. The molecule has 5 nitrogen and oxygen atoms in total. The standard InChI is InChI=1S/C15H19N3O2S2/c1-10-6-16-14(22-10)8-18-4-2-3-11(7-18)5-13-17-12(9-21-13)15(19)20/h6,9,11H,2-5,7-8H2,1H3,(H,19,20). The summed E-state index contributed by atoms with van der Waals surface area (Å²) in [6, 6.07) is 0. The fourth-order valence-electron chi connectivity index (χ4n) is 2.88. The third kappa shape index (κ3) is 3.91. The van der Waals surface area contributed by atoms with Gasteiger partial charge in [0.25, 0.3) is 0 Å². The van der Waals surface area contributed by atoms with E-state index in [0.717, 1.165) is 31.1 Å². The minimum atomic E-state index is -0.938. The second-order valence-electron chi connectivity index (χ2n) is 5.74. The molecular formula is C15H19N3O2S2. The van der Waals surface area contributed by atoms with Gasteiger partial charge in [-0.3, -0.25) is 4.90 Å². The molecule has 1 aliphatic rings. The minimum absolute atomic E-state index is 0.172. The lowest BCUT2D eigenvalue weighted by molar-refractivity contribution is 0.0691. The summed E-state index contributed by atoms with van der Waals surface area (Å²) in [5.74, 6) is -0.380. The summed E-state index contributed by atoms with van der Waals surface area (Å²) >= 11 is 3.22. The summed E-state index contributed by atoms with van der Waals surface area (Å²) in [5.41, 5.74) is 0.172. The molecule has 7 heteroatoms. The molecular weight excluding hydrogens is 318 g/mol. The van der Waals surface area contributed by atoms with Gasteiger partial charge < -0.3 is 5.11 Å². The van der Waals surface area contributed by atoms with Gasteiger partial charge in [0.1, 0.15) is 5.01 Å². The van der Waals surface area contributed by atoms with E-state index in [1.807, 2.05) is 6.20 Å². The molecule has 2 aromatic rings. The van der Waals surface area contributed by atoms with Crippen LogP contribution in [-0.2, 0) is 13.0 Å². The zero-order valence-electron chi connectivity index (χ0n) is 12.5. The predicted molar refractivity (Wildman–Crippen MR) is 87.6 cm³/mol. The summed E-state index contributed by atoms with van der Waals surface area (Å²) in [5, 5.41) is 12.7. The van der Waals surface area contributed by atoms with E-state index in [2.05, 4.69) is 21.8 Å². The van der Waals surface area contributed by atoms with E-state index >= 15 is 0 Å². The van der Waals surface area contributed by atoms with Crippen molar-refractivity contribution in [3.63, 3.8) is 0 Å². The monoisotopic (exact) mass is 337 g/mol. The van der Waals surface area contributed by atoms with Crippen molar-refractivity contribution in [3.05, 3.63) is 32.2 Å². The number of piperidine rings is 1. The van der Waals surface area contributed by atoms with Gasteiger partial charge in [-0.1, -0.05) is 0 Å². The molecule has 1 fully saturated rings. The number of thiazole rings is 2. The van der Waals surface area contributed by atoms with Gasteiger partial charge in [-0.25, -0.2) is 14.8 Å². The smallest absolute Gasteiger partial charge is 0.355 e. The van der Waals surface area contributed by atoms with Gasteiger partial charge in [-0.2, -0.15) is 0 Å². The third-order valence-corrected chi connectivity index (χ3v) is 5.63. The summed E-state index contributed by atoms with van der Waals surface area (Å²) in [7, 11) is 0. The largest absolute Gasteiger partial charge is 0.476 e. The second kappa shape index (κ2) is 6.85. The predicted octanol–water partition coefficient (Wildman–Crippen LogP) is 3.06. The number of aryl methyl sites for hydroxylation is 1. The van der Waals surface area contributed by atoms with Gasteiger partial charge >= 0.3 is 5.97 Å². The van der Waals surface area contributed by atoms with Crippen LogP contribution in [0.1, 0.15) is 38.2 Å². The maximum Gasteiger partial charge on any atom is 0.355 e. The summed E-state index contributed by atoms with van der Waals surface area (Å²) in [6.45, 7) is 5.17. The fraction of sp³-hybridized carbons (Fsp3) is 0.533. The van der Waals surface area contributed by atoms with E-state index in [0.29, 0.717) is 5.92 Å². The van der Waals surface area contributed by atoms with Crippen LogP contribution in [0.4, 0.5) is 0 Å². The number of carbonyl (C=O) groups is 1. The van der Waals surface area contributed by atoms with Gasteiger partial charge in [0.05, 0.1) is 11.6 Å². The lowest BCUT2D eigenvalue weighted by Crippen LogP contribution is -2.35. The summed E-state index contributed by atoms with van der Waals surface area (Å²) in [6.07, 6.45) is 5.19. The van der Waals surface area contributed by atoms with E-state index < -0.39 is 5.97 Å². The summed E-state index contributed by atoms with van der Waals surface area (Å²) < 4.78 is 0. The van der Waals surface area contributed by atoms with Gasteiger partial charge in [-0.15, -0.1) is 22.7 Å². The molecule has 0 aromatic carbocycles. The Labute approximate surface area is 137 Å².